The van der Waals surface area contributed by atoms with Crippen LogP contribution in [0.3, 0.4) is 0 Å². The number of methoxy groups -OCH3 is 1. The van der Waals surface area contributed by atoms with Gasteiger partial charge in [0.25, 0.3) is 5.91 Å². The zero-order valence-electron chi connectivity index (χ0n) is 14.6. The minimum Gasteiger partial charge on any atom is -0.495 e. The Hall–Kier alpha value is -2.61. The smallest absolute Gasteiger partial charge is 0.276 e. The van der Waals surface area contributed by atoms with Crippen LogP contribution >= 0.6 is 0 Å². The van der Waals surface area contributed by atoms with Gasteiger partial charge >= 0.3 is 0 Å². The van der Waals surface area contributed by atoms with E-state index in [1.165, 1.54) is 0 Å². The molecule has 1 unspecified atom stereocenters. The molecule has 0 saturated carbocycles. The van der Waals surface area contributed by atoms with E-state index in [2.05, 4.69) is 15.2 Å². The van der Waals surface area contributed by atoms with Crippen LogP contribution in [-0.4, -0.2) is 65.1 Å². The van der Waals surface area contributed by atoms with Gasteiger partial charge in [0, 0.05) is 32.2 Å². The number of benzene rings is 1. The lowest BCUT2D eigenvalue weighted by Gasteiger charge is -2.41. The van der Waals surface area contributed by atoms with Crippen LogP contribution in [0.4, 0.5) is 5.69 Å². The Morgan fingerprint density at radius 1 is 1.36 bits per heavy atom. The third-order valence-corrected chi connectivity index (χ3v) is 4.43. The second kappa shape index (κ2) is 7.52. The van der Waals surface area contributed by atoms with E-state index in [0.717, 1.165) is 24.5 Å². The minimum atomic E-state index is -0.0875. The summed E-state index contributed by atoms with van der Waals surface area (Å²) >= 11 is 0. The summed E-state index contributed by atoms with van der Waals surface area (Å²) in [4.78, 5) is 16.8. The van der Waals surface area contributed by atoms with Gasteiger partial charge in [0.2, 0.25) is 0 Å². The van der Waals surface area contributed by atoms with Crippen molar-refractivity contribution in [3.63, 3.8) is 0 Å². The second-order valence-corrected chi connectivity index (χ2v) is 6.12. The number of piperazine rings is 1. The largest absolute Gasteiger partial charge is 0.495 e. The quantitative estimate of drug-likeness (QED) is 0.854. The fourth-order valence-electron chi connectivity index (χ4n) is 3.15. The normalized spacial score (nSPS) is 17.6. The number of hydrogen-bond acceptors (Lipinski definition) is 6. The maximum Gasteiger partial charge on any atom is 0.276 e. The van der Waals surface area contributed by atoms with E-state index in [-0.39, 0.29) is 11.9 Å². The van der Waals surface area contributed by atoms with E-state index < -0.39 is 0 Å². The van der Waals surface area contributed by atoms with Gasteiger partial charge in [-0.05, 0) is 19.1 Å². The molecule has 0 radical (unpaired) electrons. The van der Waals surface area contributed by atoms with Crippen LogP contribution in [0.5, 0.6) is 5.75 Å². The van der Waals surface area contributed by atoms with E-state index >= 15 is 0 Å². The number of aromatic nitrogens is 3. The summed E-state index contributed by atoms with van der Waals surface area (Å²) in [6, 6.07) is 8.01. The molecule has 25 heavy (non-hydrogen) atoms. The van der Waals surface area contributed by atoms with Crippen LogP contribution in [0.25, 0.3) is 0 Å². The fraction of sp³-hybridized carbons (Fsp3) is 0.471. The van der Waals surface area contributed by atoms with E-state index in [1.807, 2.05) is 36.1 Å². The van der Waals surface area contributed by atoms with Gasteiger partial charge in [-0.2, -0.15) is 0 Å². The Balaban J connectivity index is 1.69. The lowest BCUT2D eigenvalue weighted by Crippen LogP contribution is -2.54. The van der Waals surface area contributed by atoms with Gasteiger partial charge in [0.1, 0.15) is 5.75 Å². The van der Waals surface area contributed by atoms with E-state index in [1.54, 1.807) is 18.0 Å². The first-order chi connectivity index (χ1) is 12.1. The number of hydrogen-bond donors (Lipinski definition) is 1. The van der Waals surface area contributed by atoms with Crippen molar-refractivity contribution in [1.29, 1.82) is 0 Å². The average Bonchev–Trinajstić information content (AvgIpc) is 3.10. The highest BCUT2D eigenvalue weighted by molar-refractivity contribution is 5.92. The highest BCUT2D eigenvalue weighted by Gasteiger charge is 2.30. The maximum absolute atomic E-state index is 12.7. The Bertz CT molecular complexity index is 731. The molecule has 134 valence electrons. The van der Waals surface area contributed by atoms with E-state index in [4.69, 9.17) is 10.5 Å². The zero-order chi connectivity index (χ0) is 17.8. The molecule has 1 amide bonds. The van der Waals surface area contributed by atoms with Crippen molar-refractivity contribution >= 4 is 11.6 Å². The molecule has 1 aromatic carbocycles. The number of ether oxygens (including phenoxy) is 1. The third-order valence-electron chi connectivity index (χ3n) is 4.43. The SMILES string of the molecule is COc1ccccc1N1CCN(C(=O)c2cn(CCN)nn2)C(C)C1. The first kappa shape index (κ1) is 17.2. The minimum absolute atomic E-state index is 0.0609. The Morgan fingerprint density at radius 3 is 2.88 bits per heavy atom. The number of rotatable bonds is 5. The molecule has 1 aliphatic heterocycles. The van der Waals surface area contributed by atoms with Crippen LogP contribution in [-0.2, 0) is 6.54 Å². The van der Waals surface area contributed by atoms with Gasteiger partial charge < -0.3 is 20.3 Å². The van der Waals surface area contributed by atoms with Crippen molar-refractivity contribution in [3.8, 4) is 5.75 Å². The lowest BCUT2D eigenvalue weighted by molar-refractivity contribution is 0.0667. The number of amides is 1. The van der Waals surface area contributed by atoms with Crippen molar-refractivity contribution in [1.82, 2.24) is 19.9 Å². The molecule has 8 nitrogen and oxygen atoms in total. The molecule has 2 aromatic rings. The maximum atomic E-state index is 12.7. The summed E-state index contributed by atoms with van der Waals surface area (Å²) < 4.78 is 7.05. The predicted molar refractivity (Wildman–Crippen MR) is 94.8 cm³/mol. The average molecular weight is 344 g/mol. The van der Waals surface area contributed by atoms with Gasteiger partial charge in [0.15, 0.2) is 5.69 Å². The first-order valence-electron chi connectivity index (χ1n) is 8.43. The summed E-state index contributed by atoms with van der Waals surface area (Å²) in [5.41, 5.74) is 6.93. The summed E-state index contributed by atoms with van der Waals surface area (Å²) in [6.07, 6.45) is 1.66. The van der Waals surface area contributed by atoms with Gasteiger partial charge in [-0.15, -0.1) is 5.10 Å². The number of carbonyl (C=O) groups is 1. The van der Waals surface area contributed by atoms with Crippen LogP contribution in [0.2, 0.25) is 0 Å². The van der Waals surface area contributed by atoms with Crippen molar-refractivity contribution < 1.29 is 9.53 Å². The molecular weight excluding hydrogens is 320 g/mol. The van der Waals surface area contributed by atoms with Crippen molar-refractivity contribution in [3.05, 3.63) is 36.2 Å². The standard InChI is InChI=1S/C17H24N6O2/c1-13-11-21(15-5-3-4-6-16(15)25-2)9-10-23(13)17(24)14-12-22(8-7-18)20-19-14/h3-6,12-13H,7-11,18H2,1-2H3. The molecule has 3 rings (SSSR count). The topological polar surface area (TPSA) is 89.5 Å². The highest BCUT2D eigenvalue weighted by atomic mass is 16.5. The van der Waals surface area contributed by atoms with Gasteiger partial charge in [-0.25, -0.2) is 0 Å². The van der Waals surface area contributed by atoms with Gasteiger partial charge in [-0.1, -0.05) is 17.3 Å². The Labute approximate surface area is 147 Å². The molecule has 1 aromatic heterocycles. The van der Waals surface area contributed by atoms with Crippen molar-refractivity contribution in [2.75, 3.05) is 38.2 Å². The highest BCUT2D eigenvalue weighted by Crippen LogP contribution is 2.29. The van der Waals surface area contributed by atoms with Gasteiger partial charge in [-0.3, -0.25) is 9.48 Å². The molecular formula is C17H24N6O2. The number of para-hydroxylation sites is 2. The van der Waals surface area contributed by atoms with Crippen LogP contribution in [0.1, 0.15) is 17.4 Å². The molecule has 0 bridgehead atoms. The summed E-state index contributed by atoms with van der Waals surface area (Å²) in [7, 11) is 1.67. The Morgan fingerprint density at radius 2 is 2.16 bits per heavy atom. The molecule has 0 spiro atoms. The monoisotopic (exact) mass is 344 g/mol. The first-order valence-corrected chi connectivity index (χ1v) is 8.43. The van der Waals surface area contributed by atoms with Crippen molar-refractivity contribution in [2.24, 2.45) is 5.73 Å². The summed E-state index contributed by atoms with van der Waals surface area (Å²) in [5.74, 6) is 0.759. The predicted octanol–water partition coefficient (Wildman–Crippen LogP) is 0.596. The zero-order valence-corrected chi connectivity index (χ0v) is 14.6. The fourth-order valence-corrected chi connectivity index (χ4v) is 3.15. The second-order valence-electron chi connectivity index (χ2n) is 6.12. The number of anilines is 1. The lowest BCUT2D eigenvalue weighted by atomic mass is 10.1. The molecule has 1 aliphatic rings. The molecule has 1 atom stereocenters. The van der Waals surface area contributed by atoms with Crippen LogP contribution in [0.15, 0.2) is 30.5 Å². The van der Waals surface area contributed by atoms with Gasteiger partial charge in [0.05, 0.1) is 25.5 Å². The van der Waals surface area contributed by atoms with Crippen molar-refractivity contribution in [2.45, 2.75) is 19.5 Å². The molecule has 1 saturated heterocycles. The molecule has 8 heteroatoms. The number of nitrogens with two attached hydrogens (primary N) is 1. The molecule has 2 N–H and O–H groups in total. The molecule has 2 heterocycles. The third kappa shape index (κ3) is 3.58. The number of nitrogens with zero attached hydrogens (tertiary/aromatic N) is 5. The van der Waals surface area contributed by atoms with Crippen LogP contribution in [0, 0.1) is 0 Å². The summed E-state index contributed by atoms with van der Waals surface area (Å²) in [6.45, 7) is 5.17. The van der Waals surface area contributed by atoms with Crippen LogP contribution < -0.4 is 15.4 Å². The number of carbonyl (C=O) groups excluding carboxylic acids is 1. The molecule has 1 fully saturated rings. The van der Waals surface area contributed by atoms with E-state index in [9.17, 15) is 4.79 Å². The summed E-state index contributed by atoms with van der Waals surface area (Å²) in [5, 5.41) is 7.93. The molecule has 0 aliphatic carbocycles. The Kier molecular flexibility index (Phi) is 5.18. The van der Waals surface area contributed by atoms with E-state index in [0.29, 0.717) is 25.3 Å².